The lowest BCUT2D eigenvalue weighted by Crippen LogP contribution is -2.48. The highest BCUT2D eigenvalue weighted by Gasteiger charge is 2.25. The van der Waals surface area contributed by atoms with E-state index < -0.39 is 17.8 Å². The highest BCUT2D eigenvalue weighted by molar-refractivity contribution is 5.95. The number of benzene rings is 1. The third-order valence-electron chi connectivity index (χ3n) is 6.64. The molecule has 2 amide bonds. The summed E-state index contributed by atoms with van der Waals surface area (Å²) < 4.78 is 30.7. The van der Waals surface area contributed by atoms with Gasteiger partial charge in [0.05, 0.1) is 18.4 Å². The van der Waals surface area contributed by atoms with Crippen molar-refractivity contribution in [3.8, 4) is 17.1 Å². The van der Waals surface area contributed by atoms with Crippen LogP contribution in [0.25, 0.3) is 11.4 Å². The molecule has 0 aliphatic carbocycles. The monoisotopic (exact) mass is 541 g/mol. The summed E-state index contributed by atoms with van der Waals surface area (Å²) in [6.07, 6.45) is 5.67. The van der Waals surface area contributed by atoms with Crippen LogP contribution in [-0.2, 0) is 11.2 Å². The fourth-order valence-electron chi connectivity index (χ4n) is 4.46. The Balaban J connectivity index is 1.18. The molecule has 1 aliphatic rings. The Bertz CT molecular complexity index is 1210. The van der Waals surface area contributed by atoms with E-state index in [2.05, 4.69) is 27.3 Å². The second kappa shape index (κ2) is 13.9. The second-order valence-electron chi connectivity index (χ2n) is 9.65. The van der Waals surface area contributed by atoms with Crippen molar-refractivity contribution in [2.24, 2.45) is 0 Å². The molecule has 2 aromatic heterocycles. The molecule has 1 fully saturated rings. The van der Waals surface area contributed by atoms with Crippen molar-refractivity contribution in [2.45, 2.75) is 52.0 Å². The zero-order valence-electron chi connectivity index (χ0n) is 22.5. The van der Waals surface area contributed by atoms with Crippen LogP contribution in [0, 0.1) is 5.82 Å². The number of nitrogens with zero attached hydrogens (tertiary/aromatic N) is 4. The molecule has 39 heavy (non-hydrogen) atoms. The third-order valence-corrected chi connectivity index (χ3v) is 6.64. The molecule has 3 heterocycles. The van der Waals surface area contributed by atoms with E-state index in [-0.39, 0.29) is 23.1 Å². The Labute approximate surface area is 227 Å². The minimum atomic E-state index is -0.641. The number of furan rings is 1. The second-order valence-corrected chi connectivity index (χ2v) is 9.65. The molecular formula is C28H36FN5O5. The van der Waals surface area contributed by atoms with E-state index in [9.17, 15) is 14.0 Å². The van der Waals surface area contributed by atoms with E-state index in [4.69, 9.17) is 13.7 Å². The summed E-state index contributed by atoms with van der Waals surface area (Å²) in [5, 5.41) is 6.60. The van der Waals surface area contributed by atoms with Gasteiger partial charge < -0.3 is 28.8 Å². The van der Waals surface area contributed by atoms with Crippen molar-refractivity contribution in [2.75, 3.05) is 39.3 Å². The van der Waals surface area contributed by atoms with Gasteiger partial charge in [-0.25, -0.2) is 4.39 Å². The van der Waals surface area contributed by atoms with E-state index in [0.717, 1.165) is 45.3 Å². The minimum absolute atomic E-state index is 0.108. The molecule has 210 valence electrons. The highest BCUT2D eigenvalue weighted by atomic mass is 19.1. The molecule has 1 aliphatic heterocycles. The van der Waals surface area contributed by atoms with Gasteiger partial charge >= 0.3 is 0 Å². The lowest BCUT2D eigenvalue weighted by Gasteiger charge is -2.25. The first-order valence-electron chi connectivity index (χ1n) is 13.6. The number of carbonyl (C=O) groups is 2. The van der Waals surface area contributed by atoms with Gasteiger partial charge in [0, 0.05) is 38.7 Å². The molecule has 0 unspecified atom stereocenters. The van der Waals surface area contributed by atoms with Crippen LogP contribution in [0.3, 0.4) is 0 Å². The Hall–Kier alpha value is -3.73. The SMILES string of the molecule is CCCCc1nc(-c2ccc(OCCCN3CCCN(C(=O)[C@H](C)NC(=O)c4ccco4)CC3)cc2F)no1. The number of aromatic nitrogens is 2. The molecule has 11 heteroatoms. The van der Waals surface area contributed by atoms with Crippen molar-refractivity contribution in [1.82, 2.24) is 25.3 Å². The van der Waals surface area contributed by atoms with Gasteiger partial charge in [0.15, 0.2) is 5.76 Å². The summed E-state index contributed by atoms with van der Waals surface area (Å²) in [5.74, 6) is 0.418. The third kappa shape index (κ3) is 7.89. The van der Waals surface area contributed by atoms with Gasteiger partial charge in [-0.15, -0.1) is 0 Å². The van der Waals surface area contributed by atoms with Crippen LogP contribution < -0.4 is 10.1 Å². The minimum Gasteiger partial charge on any atom is -0.493 e. The zero-order chi connectivity index (χ0) is 27.6. The van der Waals surface area contributed by atoms with Gasteiger partial charge in [-0.05, 0) is 57.0 Å². The molecule has 1 aromatic carbocycles. The van der Waals surface area contributed by atoms with Crippen LogP contribution in [0.15, 0.2) is 45.5 Å². The molecular weight excluding hydrogens is 505 g/mol. The van der Waals surface area contributed by atoms with Gasteiger partial charge in [0.2, 0.25) is 17.6 Å². The Morgan fingerprint density at radius 1 is 1.18 bits per heavy atom. The normalized spacial score (nSPS) is 15.1. The fourth-order valence-corrected chi connectivity index (χ4v) is 4.46. The molecule has 0 spiro atoms. The number of aryl methyl sites for hydroxylation is 1. The Morgan fingerprint density at radius 3 is 2.82 bits per heavy atom. The zero-order valence-corrected chi connectivity index (χ0v) is 22.5. The number of amides is 2. The van der Waals surface area contributed by atoms with Crippen LogP contribution in [0.2, 0.25) is 0 Å². The molecule has 0 bridgehead atoms. The van der Waals surface area contributed by atoms with E-state index in [1.54, 1.807) is 36.1 Å². The van der Waals surface area contributed by atoms with Crippen molar-refractivity contribution in [3.63, 3.8) is 0 Å². The number of hydrogen-bond donors (Lipinski definition) is 1. The Morgan fingerprint density at radius 2 is 2.05 bits per heavy atom. The van der Waals surface area contributed by atoms with Gasteiger partial charge in [-0.2, -0.15) is 4.98 Å². The van der Waals surface area contributed by atoms with Crippen molar-refractivity contribution >= 4 is 11.8 Å². The van der Waals surface area contributed by atoms with Crippen LogP contribution in [0.1, 0.15) is 56.0 Å². The number of carbonyl (C=O) groups excluding carboxylic acids is 2. The topological polar surface area (TPSA) is 114 Å². The highest BCUT2D eigenvalue weighted by Crippen LogP contribution is 2.24. The number of rotatable bonds is 12. The average molecular weight is 542 g/mol. The summed E-state index contributed by atoms with van der Waals surface area (Å²) in [4.78, 5) is 33.4. The van der Waals surface area contributed by atoms with E-state index in [0.29, 0.717) is 37.8 Å². The fraction of sp³-hybridized carbons (Fsp3) is 0.500. The summed E-state index contributed by atoms with van der Waals surface area (Å²) in [7, 11) is 0. The summed E-state index contributed by atoms with van der Waals surface area (Å²) in [6, 6.07) is 7.21. The van der Waals surface area contributed by atoms with Gasteiger partial charge in [0.1, 0.15) is 17.6 Å². The smallest absolute Gasteiger partial charge is 0.287 e. The van der Waals surface area contributed by atoms with Crippen LogP contribution in [-0.4, -0.2) is 77.1 Å². The summed E-state index contributed by atoms with van der Waals surface area (Å²) >= 11 is 0. The van der Waals surface area contributed by atoms with Gasteiger partial charge in [0.25, 0.3) is 5.91 Å². The molecule has 4 rings (SSSR count). The van der Waals surface area contributed by atoms with Crippen LogP contribution in [0.5, 0.6) is 5.75 Å². The van der Waals surface area contributed by atoms with E-state index in [1.165, 1.54) is 12.3 Å². The lowest BCUT2D eigenvalue weighted by atomic mass is 10.2. The van der Waals surface area contributed by atoms with Crippen molar-refractivity contribution < 1.29 is 27.7 Å². The molecule has 1 atom stereocenters. The number of hydrogen-bond acceptors (Lipinski definition) is 8. The lowest BCUT2D eigenvalue weighted by molar-refractivity contribution is -0.132. The molecule has 1 N–H and O–H groups in total. The maximum atomic E-state index is 14.7. The molecule has 3 aromatic rings. The van der Waals surface area contributed by atoms with Crippen LogP contribution >= 0.6 is 0 Å². The molecule has 1 saturated heterocycles. The van der Waals surface area contributed by atoms with Crippen LogP contribution in [0.4, 0.5) is 4.39 Å². The predicted octanol–water partition coefficient (Wildman–Crippen LogP) is 3.93. The molecule has 10 nitrogen and oxygen atoms in total. The van der Waals surface area contributed by atoms with E-state index >= 15 is 0 Å². The maximum absolute atomic E-state index is 14.7. The maximum Gasteiger partial charge on any atom is 0.287 e. The first-order chi connectivity index (χ1) is 18.9. The van der Waals surface area contributed by atoms with Crippen molar-refractivity contribution in [3.05, 3.63) is 54.1 Å². The quantitative estimate of drug-likeness (QED) is 0.343. The number of unbranched alkanes of at least 4 members (excludes halogenated alkanes) is 1. The molecule has 0 radical (unpaired) electrons. The first kappa shape index (κ1) is 28.3. The standard InChI is InChI=1S/C28H36FN5O5/c1-3-4-9-25-31-26(32-39-25)22-11-10-21(19-23(22)29)37-18-7-13-33-12-6-14-34(16-15-33)28(36)20(2)30-27(35)24-8-5-17-38-24/h5,8,10-11,17,19-20H,3-4,6-7,9,12-16,18H2,1-2H3,(H,30,35)/t20-/m0/s1. The Kier molecular flexibility index (Phi) is 10.1. The number of nitrogens with one attached hydrogen (secondary N) is 1. The first-order valence-corrected chi connectivity index (χ1v) is 13.6. The number of halogens is 1. The summed E-state index contributed by atoms with van der Waals surface area (Å²) in [5.41, 5.74) is 0.285. The van der Waals surface area contributed by atoms with Gasteiger partial charge in [-0.1, -0.05) is 18.5 Å². The molecule has 0 saturated carbocycles. The van der Waals surface area contributed by atoms with Crippen molar-refractivity contribution in [1.29, 1.82) is 0 Å². The summed E-state index contributed by atoms with van der Waals surface area (Å²) in [6.45, 7) is 7.84. The predicted molar refractivity (Wildman–Crippen MR) is 142 cm³/mol. The van der Waals surface area contributed by atoms with E-state index in [1.807, 2.05) is 0 Å². The number of ether oxygens (including phenoxy) is 1. The average Bonchev–Trinajstić information content (AvgIpc) is 3.59. The van der Waals surface area contributed by atoms with Gasteiger partial charge in [-0.3, -0.25) is 9.59 Å². The largest absolute Gasteiger partial charge is 0.493 e.